The predicted octanol–water partition coefficient (Wildman–Crippen LogP) is 7.50. The average Bonchev–Trinajstić information content (AvgIpc) is 2.96. The minimum Gasteiger partial charge on any atom is -0.298 e. The molecular weight excluding hydrogens is 588 g/mol. The van der Waals surface area contributed by atoms with Gasteiger partial charge in [-0.3, -0.25) is 28.8 Å². The van der Waals surface area contributed by atoms with Crippen molar-refractivity contribution in [1.29, 1.82) is 0 Å². The Bertz CT molecular complexity index is 1560. The second-order valence-corrected chi connectivity index (χ2v) is 14.8. The number of Topliss-reactive ketones (excluding diaryl/α,β-unsaturated/α-hetero) is 6. The second-order valence-electron chi connectivity index (χ2n) is 14.4. The molecule has 238 valence electrons. The molecule has 2 aromatic rings. The van der Waals surface area contributed by atoms with Gasteiger partial charge in [0.2, 0.25) is 0 Å². The van der Waals surface area contributed by atoms with Crippen LogP contribution in [0.2, 0.25) is 5.02 Å². The van der Waals surface area contributed by atoms with E-state index in [0.717, 1.165) is 55.2 Å². The second kappa shape index (κ2) is 12.9. The summed E-state index contributed by atoms with van der Waals surface area (Å²) in [6.45, 7) is 8.64. The lowest BCUT2D eigenvalue weighted by molar-refractivity contribution is -0.135. The highest BCUT2D eigenvalue weighted by atomic mass is 35.5. The van der Waals surface area contributed by atoms with Crippen molar-refractivity contribution in [1.82, 2.24) is 0 Å². The summed E-state index contributed by atoms with van der Waals surface area (Å²) in [6.07, 6.45) is 8.25. The van der Waals surface area contributed by atoms with Gasteiger partial charge >= 0.3 is 0 Å². The Morgan fingerprint density at radius 3 is 1.60 bits per heavy atom. The first-order chi connectivity index (χ1) is 21.2. The number of benzene rings is 2. The predicted molar refractivity (Wildman–Crippen MR) is 173 cm³/mol. The third kappa shape index (κ3) is 6.40. The van der Waals surface area contributed by atoms with Gasteiger partial charge in [0.05, 0.1) is 0 Å². The van der Waals surface area contributed by atoms with Crippen molar-refractivity contribution >= 4 is 46.3 Å². The zero-order valence-electron chi connectivity index (χ0n) is 26.9. The fraction of sp³-hybridized carbons (Fsp3) is 0.526. The number of carbonyl (C=O) groups is 6. The van der Waals surface area contributed by atoms with Gasteiger partial charge in [-0.1, -0.05) is 57.5 Å². The van der Waals surface area contributed by atoms with Gasteiger partial charge in [-0.15, -0.1) is 0 Å². The molecule has 2 fully saturated rings. The van der Waals surface area contributed by atoms with E-state index in [0.29, 0.717) is 54.7 Å². The molecule has 0 N–H and O–H groups in total. The zero-order chi connectivity index (χ0) is 32.7. The molecule has 6 rings (SSSR count). The molecule has 4 aliphatic rings. The van der Waals surface area contributed by atoms with Crippen molar-refractivity contribution in [2.45, 2.75) is 116 Å². The van der Waals surface area contributed by atoms with E-state index in [4.69, 9.17) is 11.6 Å². The maximum absolute atomic E-state index is 12.9. The van der Waals surface area contributed by atoms with E-state index in [1.165, 1.54) is 5.56 Å². The molecular formula is C38H43ClO6. The first-order valence-corrected chi connectivity index (χ1v) is 16.8. The summed E-state index contributed by atoms with van der Waals surface area (Å²) >= 11 is 6.40. The molecule has 0 unspecified atom stereocenters. The van der Waals surface area contributed by atoms with Gasteiger partial charge in [-0.05, 0) is 96.6 Å². The minimum absolute atomic E-state index is 0.0461. The van der Waals surface area contributed by atoms with Crippen LogP contribution in [-0.4, -0.2) is 34.7 Å². The van der Waals surface area contributed by atoms with E-state index in [2.05, 4.69) is 33.8 Å². The van der Waals surface area contributed by atoms with Crippen LogP contribution in [0.1, 0.15) is 135 Å². The van der Waals surface area contributed by atoms with Crippen molar-refractivity contribution in [3.8, 4) is 0 Å². The van der Waals surface area contributed by atoms with Crippen LogP contribution in [-0.2, 0) is 42.8 Å². The molecule has 0 radical (unpaired) electrons. The van der Waals surface area contributed by atoms with Crippen molar-refractivity contribution < 1.29 is 28.8 Å². The van der Waals surface area contributed by atoms with Gasteiger partial charge in [0.25, 0.3) is 0 Å². The first kappa shape index (κ1) is 33.1. The molecule has 7 heteroatoms. The number of halogens is 1. The van der Waals surface area contributed by atoms with Crippen molar-refractivity contribution in [3.05, 3.63) is 68.7 Å². The van der Waals surface area contributed by atoms with E-state index in [1.807, 2.05) is 6.07 Å². The summed E-state index contributed by atoms with van der Waals surface area (Å²) < 4.78 is 0. The average molecular weight is 631 g/mol. The molecule has 45 heavy (non-hydrogen) atoms. The largest absolute Gasteiger partial charge is 0.298 e. The Morgan fingerprint density at radius 2 is 1.07 bits per heavy atom. The molecule has 0 atom stereocenters. The molecule has 0 aliphatic heterocycles. The Hall–Kier alpha value is -3.25. The molecule has 0 aromatic heterocycles. The smallest absolute Gasteiger partial charge is 0.181 e. The zero-order valence-corrected chi connectivity index (χ0v) is 27.6. The normalized spacial score (nSPS) is 21.4. The highest BCUT2D eigenvalue weighted by Gasteiger charge is 2.41. The molecule has 4 aliphatic carbocycles. The Morgan fingerprint density at radius 1 is 0.600 bits per heavy atom. The Labute approximate surface area is 270 Å². The Balaban J connectivity index is 0.000000178. The highest BCUT2D eigenvalue weighted by molar-refractivity contribution is 6.32. The lowest BCUT2D eigenvalue weighted by atomic mass is 9.70. The summed E-state index contributed by atoms with van der Waals surface area (Å²) in [5.74, 6) is -3.61. The molecule has 0 bridgehead atoms. The van der Waals surface area contributed by atoms with Gasteiger partial charge in [-0.25, -0.2) is 0 Å². The topological polar surface area (TPSA) is 102 Å². The van der Waals surface area contributed by atoms with E-state index in [9.17, 15) is 28.8 Å². The lowest BCUT2D eigenvalue weighted by Crippen LogP contribution is -2.36. The highest BCUT2D eigenvalue weighted by Crippen LogP contribution is 2.43. The summed E-state index contributed by atoms with van der Waals surface area (Å²) in [7, 11) is 0. The molecule has 2 aromatic carbocycles. The van der Waals surface area contributed by atoms with Crippen LogP contribution < -0.4 is 0 Å². The fourth-order valence-corrected chi connectivity index (χ4v) is 8.38. The monoisotopic (exact) mass is 630 g/mol. The van der Waals surface area contributed by atoms with Crippen molar-refractivity contribution in [2.75, 3.05) is 0 Å². The molecule has 0 spiro atoms. The number of carbonyl (C=O) groups excluding carboxylic acids is 6. The molecule has 0 heterocycles. The van der Waals surface area contributed by atoms with E-state index in [-0.39, 0.29) is 45.5 Å². The van der Waals surface area contributed by atoms with E-state index >= 15 is 0 Å². The molecule has 0 saturated heterocycles. The molecule has 6 nitrogen and oxygen atoms in total. The third-order valence-electron chi connectivity index (χ3n) is 10.3. The number of fused-ring (bicyclic) bond motifs is 2. The van der Waals surface area contributed by atoms with Crippen LogP contribution in [0.25, 0.3) is 0 Å². The fourth-order valence-electron chi connectivity index (χ4n) is 7.94. The standard InChI is InChI=1S/C19H21ClO3.C19H22O3/c1-19(2)10-4-5-11-12(8-9-13(20)17(11)19)18(23)16-14(21)6-3-7-15(16)22;1-19(2)11-5-7-12-13(6-3-8-14(12)19)18(22)17-15(20)9-4-10-16(17)21/h8-9,16H,3-7,10H2,1-2H3;3,6,8,17H,4-5,7,9-11H2,1-2H3. The van der Waals surface area contributed by atoms with Crippen LogP contribution in [0.15, 0.2) is 30.3 Å². The summed E-state index contributed by atoms with van der Waals surface area (Å²) in [6, 6.07) is 9.18. The quantitative estimate of drug-likeness (QED) is 0.256. The summed E-state index contributed by atoms with van der Waals surface area (Å²) in [5, 5.41) is 0.669. The molecule has 2 saturated carbocycles. The maximum atomic E-state index is 12.9. The maximum Gasteiger partial charge on any atom is 0.181 e. The van der Waals surface area contributed by atoms with Crippen LogP contribution in [0, 0.1) is 11.8 Å². The van der Waals surface area contributed by atoms with E-state index in [1.54, 1.807) is 18.2 Å². The lowest BCUT2D eigenvalue weighted by Gasteiger charge is -2.35. The first-order valence-electron chi connectivity index (χ1n) is 16.4. The van der Waals surface area contributed by atoms with Crippen molar-refractivity contribution in [3.63, 3.8) is 0 Å². The van der Waals surface area contributed by atoms with Gasteiger partial charge in [-0.2, -0.15) is 0 Å². The van der Waals surface area contributed by atoms with Gasteiger partial charge in [0.15, 0.2) is 34.7 Å². The van der Waals surface area contributed by atoms with Crippen LogP contribution in [0.3, 0.4) is 0 Å². The SMILES string of the molecule is CC1(C)CCCc2c(C(=O)C3C(=O)CCCC3=O)ccc(Cl)c21.CC1(C)CCCc2c(C(=O)C3C(=O)CCCC3=O)cccc21. The van der Waals surface area contributed by atoms with Crippen LogP contribution in [0.4, 0.5) is 0 Å². The summed E-state index contributed by atoms with van der Waals surface area (Å²) in [4.78, 5) is 74.2. The Kier molecular flexibility index (Phi) is 9.47. The van der Waals surface area contributed by atoms with Gasteiger partial charge in [0.1, 0.15) is 11.8 Å². The minimum atomic E-state index is -1.10. The van der Waals surface area contributed by atoms with Crippen LogP contribution >= 0.6 is 11.6 Å². The number of hydrogen-bond acceptors (Lipinski definition) is 6. The molecule has 0 amide bonds. The summed E-state index contributed by atoms with van der Waals surface area (Å²) in [5.41, 5.74) is 5.25. The van der Waals surface area contributed by atoms with Crippen LogP contribution in [0.5, 0.6) is 0 Å². The number of ketones is 6. The van der Waals surface area contributed by atoms with Crippen molar-refractivity contribution in [2.24, 2.45) is 11.8 Å². The van der Waals surface area contributed by atoms with Gasteiger partial charge < -0.3 is 0 Å². The number of hydrogen-bond donors (Lipinski definition) is 0. The van der Waals surface area contributed by atoms with Gasteiger partial charge in [0, 0.05) is 41.8 Å². The van der Waals surface area contributed by atoms with E-state index < -0.39 is 11.8 Å². The number of rotatable bonds is 4. The third-order valence-corrected chi connectivity index (χ3v) is 10.7.